The fraction of sp³-hybridized carbons (Fsp3) is 0.600. The van der Waals surface area contributed by atoms with Crippen molar-refractivity contribution in [3.05, 3.63) is 46.8 Å². The standard InChI is InChI=1S/C30H39N5O4/c1-30(2,3)39-29(38)34-19-20-18-22(11-12-25(20)31-34)35(21-9-10-21)28(37)24-6-4-7-26-23(24)13-15-32(26)16-17-33-14-5-8-27(33)36/h4,6-7,19,21-22H,5,8-18H2,1-3H3. The maximum absolute atomic E-state index is 14.1. The molecule has 3 heterocycles. The van der Waals surface area contributed by atoms with E-state index < -0.39 is 11.7 Å². The number of anilines is 1. The Bertz CT molecular complexity index is 1290. The minimum absolute atomic E-state index is 0.0864. The van der Waals surface area contributed by atoms with Gasteiger partial charge in [0.25, 0.3) is 5.91 Å². The van der Waals surface area contributed by atoms with Gasteiger partial charge in [0.2, 0.25) is 5.91 Å². The third-order valence-corrected chi connectivity index (χ3v) is 8.36. The minimum Gasteiger partial charge on any atom is -0.442 e. The largest absolute Gasteiger partial charge is 0.442 e. The van der Waals surface area contributed by atoms with Crippen LogP contribution in [0.4, 0.5) is 10.5 Å². The van der Waals surface area contributed by atoms with Crippen LogP contribution < -0.4 is 4.90 Å². The molecule has 0 bridgehead atoms. The van der Waals surface area contributed by atoms with Gasteiger partial charge in [-0.1, -0.05) is 6.07 Å². The number of amides is 2. The number of rotatable bonds is 6. The SMILES string of the molecule is CC(C)(C)OC(=O)n1cc2c(n1)CCC(N(C(=O)c1cccc3c1CCN3CCN1CCCC1=O)C1CC1)C2. The molecule has 2 fully saturated rings. The van der Waals surface area contributed by atoms with Crippen molar-refractivity contribution in [1.29, 1.82) is 0 Å². The van der Waals surface area contributed by atoms with Crippen molar-refractivity contribution in [1.82, 2.24) is 19.6 Å². The lowest BCUT2D eigenvalue weighted by atomic mass is 9.91. The zero-order valence-corrected chi connectivity index (χ0v) is 23.3. The van der Waals surface area contributed by atoms with E-state index in [0.717, 1.165) is 92.8 Å². The van der Waals surface area contributed by atoms with Gasteiger partial charge in [-0.15, -0.1) is 0 Å². The summed E-state index contributed by atoms with van der Waals surface area (Å²) >= 11 is 0. The number of carbonyl (C=O) groups is 3. The van der Waals surface area contributed by atoms with Crippen molar-refractivity contribution in [3.8, 4) is 0 Å². The van der Waals surface area contributed by atoms with Crippen LogP contribution in [-0.2, 0) is 28.8 Å². The van der Waals surface area contributed by atoms with Crippen molar-refractivity contribution >= 4 is 23.6 Å². The fourth-order valence-electron chi connectivity index (χ4n) is 6.36. The maximum Gasteiger partial charge on any atom is 0.435 e. The molecule has 2 amide bonds. The molecule has 9 nitrogen and oxygen atoms in total. The second kappa shape index (κ2) is 9.99. The molecule has 6 rings (SSSR count). The molecular formula is C30H39N5O4. The highest BCUT2D eigenvalue weighted by Crippen LogP contribution is 2.37. The third-order valence-electron chi connectivity index (χ3n) is 8.36. The third kappa shape index (κ3) is 5.28. The van der Waals surface area contributed by atoms with Gasteiger partial charge >= 0.3 is 6.09 Å². The summed E-state index contributed by atoms with van der Waals surface area (Å²) in [5.41, 5.74) is 4.44. The lowest BCUT2D eigenvalue weighted by molar-refractivity contribution is -0.127. The second-order valence-corrected chi connectivity index (χ2v) is 12.4. The molecular weight excluding hydrogens is 494 g/mol. The number of benzene rings is 1. The first-order chi connectivity index (χ1) is 18.7. The van der Waals surface area contributed by atoms with Gasteiger partial charge in [-0.25, -0.2) is 4.79 Å². The Labute approximate surface area is 230 Å². The summed E-state index contributed by atoms with van der Waals surface area (Å²) in [7, 11) is 0. The first-order valence-corrected chi connectivity index (χ1v) is 14.5. The number of hydrogen-bond donors (Lipinski definition) is 0. The van der Waals surface area contributed by atoms with E-state index >= 15 is 0 Å². The van der Waals surface area contributed by atoms with E-state index in [4.69, 9.17) is 4.74 Å². The zero-order chi connectivity index (χ0) is 27.3. The first kappa shape index (κ1) is 25.9. The lowest BCUT2D eigenvalue weighted by Gasteiger charge is -2.35. The van der Waals surface area contributed by atoms with Gasteiger partial charge in [0.15, 0.2) is 0 Å². The Morgan fingerprint density at radius 1 is 1.03 bits per heavy atom. The molecule has 4 aliphatic rings. The van der Waals surface area contributed by atoms with Crippen molar-refractivity contribution in [3.63, 3.8) is 0 Å². The van der Waals surface area contributed by atoms with Gasteiger partial charge in [-0.2, -0.15) is 9.78 Å². The van der Waals surface area contributed by atoms with Gasteiger partial charge in [-0.05, 0) is 89.0 Å². The van der Waals surface area contributed by atoms with Crippen molar-refractivity contribution in [2.24, 2.45) is 0 Å². The number of aryl methyl sites for hydroxylation is 1. The molecule has 2 aliphatic heterocycles. The van der Waals surface area contributed by atoms with Crippen LogP contribution in [0.5, 0.6) is 0 Å². The van der Waals surface area contributed by atoms with E-state index in [-0.39, 0.29) is 23.9 Å². The van der Waals surface area contributed by atoms with Crippen LogP contribution in [0.25, 0.3) is 0 Å². The van der Waals surface area contributed by atoms with E-state index in [9.17, 15) is 14.4 Å². The molecule has 39 heavy (non-hydrogen) atoms. The van der Waals surface area contributed by atoms with Crippen LogP contribution in [0.15, 0.2) is 24.4 Å². The zero-order valence-electron chi connectivity index (χ0n) is 23.3. The molecule has 1 saturated heterocycles. The molecule has 1 aromatic carbocycles. The smallest absolute Gasteiger partial charge is 0.435 e. The van der Waals surface area contributed by atoms with E-state index in [1.165, 1.54) is 4.68 Å². The van der Waals surface area contributed by atoms with E-state index in [2.05, 4.69) is 21.0 Å². The molecule has 1 aromatic heterocycles. The highest BCUT2D eigenvalue weighted by atomic mass is 16.6. The normalized spacial score (nSPS) is 20.7. The molecule has 2 aliphatic carbocycles. The van der Waals surface area contributed by atoms with Gasteiger partial charge in [0.1, 0.15) is 5.60 Å². The van der Waals surface area contributed by atoms with Crippen molar-refractivity contribution in [2.75, 3.05) is 31.1 Å². The molecule has 1 unspecified atom stereocenters. The number of hydrogen-bond acceptors (Lipinski definition) is 6. The molecule has 2 aromatic rings. The number of fused-ring (bicyclic) bond motifs is 2. The predicted octanol–water partition coefficient (Wildman–Crippen LogP) is 3.81. The summed E-state index contributed by atoms with van der Waals surface area (Å²) in [6.45, 7) is 8.81. The van der Waals surface area contributed by atoms with E-state index in [1.807, 2.05) is 37.8 Å². The Hall–Kier alpha value is -3.36. The molecule has 208 valence electrons. The van der Waals surface area contributed by atoms with Crippen LogP contribution in [0.2, 0.25) is 0 Å². The van der Waals surface area contributed by atoms with Crippen LogP contribution in [0.1, 0.15) is 80.1 Å². The van der Waals surface area contributed by atoms with Crippen LogP contribution in [0.3, 0.4) is 0 Å². The van der Waals surface area contributed by atoms with Crippen LogP contribution >= 0.6 is 0 Å². The fourth-order valence-corrected chi connectivity index (χ4v) is 6.36. The molecule has 9 heteroatoms. The minimum atomic E-state index is -0.585. The highest BCUT2D eigenvalue weighted by Gasteiger charge is 2.41. The number of carbonyl (C=O) groups excluding carboxylic acids is 3. The number of aromatic nitrogens is 2. The number of likely N-dealkylation sites (tertiary alicyclic amines) is 1. The molecule has 0 N–H and O–H groups in total. The van der Waals surface area contributed by atoms with Gasteiger partial charge in [0, 0.05) is 62.1 Å². The van der Waals surface area contributed by atoms with Crippen molar-refractivity contribution < 1.29 is 19.1 Å². The molecule has 1 atom stereocenters. The maximum atomic E-state index is 14.1. The predicted molar refractivity (Wildman–Crippen MR) is 147 cm³/mol. The van der Waals surface area contributed by atoms with Crippen molar-refractivity contribution in [2.45, 2.75) is 89.8 Å². The number of ether oxygens (including phenoxy) is 1. The Balaban J connectivity index is 1.18. The lowest BCUT2D eigenvalue weighted by Crippen LogP contribution is -2.45. The average Bonchev–Trinajstić information content (AvgIpc) is 3.29. The molecule has 0 spiro atoms. The highest BCUT2D eigenvalue weighted by molar-refractivity contribution is 5.98. The topological polar surface area (TPSA) is 88.0 Å². The van der Waals surface area contributed by atoms with Crippen LogP contribution in [-0.4, -0.2) is 81.4 Å². The summed E-state index contributed by atoms with van der Waals surface area (Å²) in [5, 5.41) is 4.51. The Morgan fingerprint density at radius 3 is 2.54 bits per heavy atom. The number of nitrogens with zero attached hydrogens (tertiary/aromatic N) is 5. The quantitative estimate of drug-likeness (QED) is 0.561. The first-order valence-electron chi connectivity index (χ1n) is 14.5. The Kier molecular flexibility index (Phi) is 6.63. The monoisotopic (exact) mass is 533 g/mol. The summed E-state index contributed by atoms with van der Waals surface area (Å²) in [6.07, 6.45) is 8.14. The summed E-state index contributed by atoms with van der Waals surface area (Å²) < 4.78 is 6.81. The van der Waals surface area contributed by atoms with E-state index in [0.29, 0.717) is 12.8 Å². The molecule has 0 radical (unpaired) electrons. The van der Waals surface area contributed by atoms with Gasteiger partial charge < -0.3 is 19.4 Å². The summed E-state index contributed by atoms with van der Waals surface area (Å²) in [5.74, 6) is 0.379. The molecule has 1 saturated carbocycles. The van der Waals surface area contributed by atoms with E-state index in [1.54, 1.807) is 6.20 Å². The van der Waals surface area contributed by atoms with Gasteiger partial charge in [0.05, 0.1) is 5.69 Å². The van der Waals surface area contributed by atoms with Gasteiger partial charge in [-0.3, -0.25) is 9.59 Å². The van der Waals surface area contributed by atoms with Crippen LogP contribution in [0, 0.1) is 0 Å². The Morgan fingerprint density at radius 2 is 1.82 bits per heavy atom. The summed E-state index contributed by atoms with van der Waals surface area (Å²) in [6, 6.07) is 6.46. The average molecular weight is 534 g/mol. The second-order valence-electron chi connectivity index (χ2n) is 12.4. The summed E-state index contributed by atoms with van der Waals surface area (Å²) in [4.78, 5) is 45.2.